The second-order valence-electron chi connectivity index (χ2n) is 5.77. The van der Waals surface area contributed by atoms with E-state index in [-0.39, 0.29) is 11.9 Å². The molecule has 0 aromatic carbocycles. The standard InChI is InChI=1S/C14H25NO2/c1-15(10-11-4-3-5-11)13-8-6-12(7-9-13)14(16)17-2/h11-13H,3-10H2,1-2H3. The molecule has 2 aliphatic rings. The van der Waals surface area contributed by atoms with E-state index in [0.717, 1.165) is 31.6 Å². The number of carbonyl (C=O) groups excluding carboxylic acids is 1. The summed E-state index contributed by atoms with van der Waals surface area (Å²) < 4.78 is 4.82. The Bertz CT molecular complexity index is 255. The summed E-state index contributed by atoms with van der Waals surface area (Å²) >= 11 is 0. The van der Waals surface area contributed by atoms with Gasteiger partial charge in [0.05, 0.1) is 13.0 Å². The minimum Gasteiger partial charge on any atom is -0.469 e. The highest BCUT2D eigenvalue weighted by molar-refractivity contribution is 5.72. The van der Waals surface area contributed by atoms with Crippen molar-refractivity contribution >= 4 is 5.97 Å². The van der Waals surface area contributed by atoms with Crippen LogP contribution in [0.15, 0.2) is 0 Å². The topological polar surface area (TPSA) is 29.5 Å². The van der Waals surface area contributed by atoms with Gasteiger partial charge in [-0.15, -0.1) is 0 Å². The number of ether oxygens (including phenoxy) is 1. The van der Waals surface area contributed by atoms with Gasteiger partial charge in [0.2, 0.25) is 0 Å². The number of nitrogens with zero attached hydrogens (tertiary/aromatic N) is 1. The molecular formula is C14H25NO2. The molecule has 0 unspecified atom stereocenters. The normalized spacial score (nSPS) is 30.1. The molecular weight excluding hydrogens is 214 g/mol. The first-order valence-electron chi connectivity index (χ1n) is 6.98. The van der Waals surface area contributed by atoms with E-state index in [1.165, 1.54) is 32.9 Å². The van der Waals surface area contributed by atoms with Crippen molar-refractivity contribution in [2.45, 2.75) is 51.0 Å². The fourth-order valence-corrected chi connectivity index (χ4v) is 3.15. The molecule has 98 valence electrons. The van der Waals surface area contributed by atoms with Crippen LogP contribution in [0, 0.1) is 11.8 Å². The van der Waals surface area contributed by atoms with Gasteiger partial charge in [0.15, 0.2) is 0 Å². The fourth-order valence-electron chi connectivity index (χ4n) is 3.15. The lowest BCUT2D eigenvalue weighted by atomic mass is 9.82. The Morgan fingerprint density at radius 3 is 2.29 bits per heavy atom. The first-order valence-corrected chi connectivity index (χ1v) is 6.98. The number of methoxy groups -OCH3 is 1. The van der Waals surface area contributed by atoms with Gasteiger partial charge in [0, 0.05) is 12.6 Å². The zero-order chi connectivity index (χ0) is 12.3. The average molecular weight is 239 g/mol. The lowest BCUT2D eigenvalue weighted by Crippen LogP contribution is -2.40. The van der Waals surface area contributed by atoms with Crippen molar-refractivity contribution in [3.05, 3.63) is 0 Å². The number of esters is 1. The van der Waals surface area contributed by atoms with Crippen LogP contribution in [-0.4, -0.2) is 37.6 Å². The molecule has 0 N–H and O–H groups in total. The number of hydrogen-bond acceptors (Lipinski definition) is 3. The Labute approximate surface area is 105 Å². The summed E-state index contributed by atoms with van der Waals surface area (Å²) in [5, 5.41) is 0. The maximum atomic E-state index is 11.4. The molecule has 0 radical (unpaired) electrons. The summed E-state index contributed by atoms with van der Waals surface area (Å²) in [6.07, 6.45) is 8.59. The van der Waals surface area contributed by atoms with Crippen LogP contribution in [0.5, 0.6) is 0 Å². The number of rotatable bonds is 4. The molecule has 3 nitrogen and oxygen atoms in total. The predicted octanol–water partition coefficient (Wildman–Crippen LogP) is 2.45. The summed E-state index contributed by atoms with van der Waals surface area (Å²) in [5.74, 6) is 1.09. The highest BCUT2D eigenvalue weighted by atomic mass is 16.5. The van der Waals surface area contributed by atoms with E-state index in [2.05, 4.69) is 11.9 Å². The van der Waals surface area contributed by atoms with Crippen molar-refractivity contribution in [1.29, 1.82) is 0 Å². The quantitative estimate of drug-likeness (QED) is 0.706. The van der Waals surface area contributed by atoms with Crippen LogP contribution in [0.2, 0.25) is 0 Å². The van der Waals surface area contributed by atoms with E-state index in [0.29, 0.717) is 6.04 Å². The van der Waals surface area contributed by atoms with Crippen molar-refractivity contribution < 1.29 is 9.53 Å². The van der Waals surface area contributed by atoms with Gasteiger partial charge in [-0.05, 0) is 51.5 Å². The molecule has 2 aliphatic carbocycles. The highest BCUT2D eigenvalue weighted by Crippen LogP contribution is 2.31. The Kier molecular flexibility index (Phi) is 4.43. The van der Waals surface area contributed by atoms with Gasteiger partial charge in [-0.1, -0.05) is 6.42 Å². The van der Waals surface area contributed by atoms with E-state index >= 15 is 0 Å². The van der Waals surface area contributed by atoms with Crippen molar-refractivity contribution in [3.63, 3.8) is 0 Å². The average Bonchev–Trinajstić information content (AvgIpc) is 2.32. The van der Waals surface area contributed by atoms with Crippen LogP contribution < -0.4 is 0 Å². The van der Waals surface area contributed by atoms with Gasteiger partial charge in [0.1, 0.15) is 0 Å². The van der Waals surface area contributed by atoms with Crippen molar-refractivity contribution in [2.75, 3.05) is 20.7 Å². The first-order chi connectivity index (χ1) is 8.20. The summed E-state index contributed by atoms with van der Waals surface area (Å²) in [6.45, 7) is 1.26. The van der Waals surface area contributed by atoms with E-state index in [1.807, 2.05) is 0 Å². The van der Waals surface area contributed by atoms with Crippen molar-refractivity contribution in [2.24, 2.45) is 11.8 Å². The monoisotopic (exact) mass is 239 g/mol. The lowest BCUT2D eigenvalue weighted by molar-refractivity contribution is -0.146. The maximum Gasteiger partial charge on any atom is 0.308 e. The lowest BCUT2D eigenvalue weighted by Gasteiger charge is -2.37. The van der Waals surface area contributed by atoms with Crippen molar-refractivity contribution in [3.8, 4) is 0 Å². The Morgan fingerprint density at radius 2 is 1.82 bits per heavy atom. The van der Waals surface area contributed by atoms with Gasteiger partial charge in [-0.2, -0.15) is 0 Å². The van der Waals surface area contributed by atoms with E-state index in [4.69, 9.17) is 4.74 Å². The van der Waals surface area contributed by atoms with E-state index < -0.39 is 0 Å². The molecule has 0 heterocycles. The molecule has 0 amide bonds. The van der Waals surface area contributed by atoms with E-state index in [1.54, 1.807) is 0 Å². The van der Waals surface area contributed by atoms with Gasteiger partial charge in [-0.3, -0.25) is 4.79 Å². The Balaban J connectivity index is 1.72. The minimum absolute atomic E-state index is 0.00917. The summed E-state index contributed by atoms with van der Waals surface area (Å²) in [6, 6.07) is 0.691. The van der Waals surface area contributed by atoms with Crippen LogP contribution in [0.1, 0.15) is 44.9 Å². The Morgan fingerprint density at radius 1 is 1.18 bits per heavy atom. The molecule has 2 rings (SSSR count). The number of hydrogen-bond donors (Lipinski definition) is 0. The summed E-state index contributed by atoms with van der Waals surface area (Å²) in [4.78, 5) is 14.0. The molecule has 17 heavy (non-hydrogen) atoms. The first kappa shape index (κ1) is 12.9. The highest BCUT2D eigenvalue weighted by Gasteiger charge is 2.30. The molecule has 3 heteroatoms. The van der Waals surface area contributed by atoms with Crippen LogP contribution in [-0.2, 0) is 9.53 Å². The smallest absolute Gasteiger partial charge is 0.308 e. The molecule has 0 aliphatic heterocycles. The largest absolute Gasteiger partial charge is 0.469 e. The van der Waals surface area contributed by atoms with Gasteiger partial charge >= 0.3 is 5.97 Å². The maximum absolute atomic E-state index is 11.4. The summed E-state index contributed by atoms with van der Waals surface area (Å²) in [7, 11) is 3.75. The molecule has 0 saturated heterocycles. The third-order valence-corrected chi connectivity index (χ3v) is 4.63. The van der Waals surface area contributed by atoms with Gasteiger partial charge in [-0.25, -0.2) is 0 Å². The van der Waals surface area contributed by atoms with E-state index in [9.17, 15) is 4.79 Å². The number of carbonyl (C=O) groups is 1. The van der Waals surface area contributed by atoms with Crippen LogP contribution in [0.4, 0.5) is 0 Å². The molecule has 0 spiro atoms. The molecule has 2 saturated carbocycles. The van der Waals surface area contributed by atoms with Gasteiger partial charge in [0.25, 0.3) is 0 Å². The molecule has 0 aromatic heterocycles. The third kappa shape index (κ3) is 3.21. The zero-order valence-corrected chi connectivity index (χ0v) is 11.2. The Hall–Kier alpha value is -0.570. The molecule has 0 atom stereocenters. The fraction of sp³-hybridized carbons (Fsp3) is 0.929. The second kappa shape index (κ2) is 5.85. The van der Waals surface area contributed by atoms with Crippen LogP contribution >= 0.6 is 0 Å². The minimum atomic E-state index is -0.00917. The van der Waals surface area contributed by atoms with Crippen LogP contribution in [0.3, 0.4) is 0 Å². The second-order valence-corrected chi connectivity index (χ2v) is 5.77. The van der Waals surface area contributed by atoms with Crippen molar-refractivity contribution in [1.82, 2.24) is 4.90 Å². The van der Waals surface area contributed by atoms with Crippen LogP contribution in [0.25, 0.3) is 0 Å². The zero-order valence-electron chi connectivity index (χ0n) is 11.2. The molecule has 2 fully saturated rings. The predicted molar refractivity (Wildman–Crippen MR) is 67.7 cm³/mol. The third-order valence-electron chi connectivity index (χ3n) is 4.63. The SMILES string of the molecule is COC(=O)C1CCC(N(C)CC2CCC2)CC1. The molecule has 0 bridgehead atoms. The van der Waals surface area contributed by atoms with Gasteiger partial charge < -0.3 is 9.64 Å². The molecule has 0 aromatic rings. The summed E-state index contributed by atoms with van der Waals surface area (Å²) in [5.41, 5.74) is 0.